The lowest BCUT2D eigenvalue weighted by Crippen LogP contribution is -2.61. The summed E-state index contributed by atoms with van der Waals surface area (Å²) >= 11 is 6.11. The number of hydrogen-bond acceptors (Lipinski definition) is 3. The molecule has 1 aliphatic heterocycles. The van der Waals surface area contributed by atoms with E-state index in [1.54, 1.807) is 0 Å². The third-order valence-corrected chi connectivity index (χ3v) is 2.60. The zero-order chi connectivity index (χ0) is 10.3. The SMILES string of the molecule is CC1(C)CC(Cl)(N=O)CC(C)(C)N1. The number of nitrogens with zero attached hydrogens (tertiary/aromatic N) is 1. The van der Waals surface area contributed by atoms with E-state index in [-0.39, 0.29) is 11.1 Å². The maximum Gasteiger partial charge on any atom is 0.179 e. The minimum absolute atomic E-state index is 0.128. The van der Waals surface area contributed by atoms with Crippen LogP contribution in [-0.2, 0) is 0 Å². The fraction of sp³-hybridized carbons (Fsp3) is 1.00. The molecule has 1 aliphatic rings. The van der Waals surface area contributed by atoms with Crippen LogP contribution in [0.4, 0.5) is 0 Å². The Morgan fingerprint density at radius 2 is 1.54 bits per heavy atom. The summed E-state index contributed by atoms with van der Waals surface area (Å²) in [5, 5.41) is 6.48. The Labute approximate surface area is 84.2 Å². The molecule has 13 heavy (non-hydrogen) atoms. The number of halogens is 1. The van der Waals surface area contributed by atoms with Crippen molar-refractivity contribution in [1.82, 2.24) is 5.32 Å². The molecular weight excluding hydrogens is 188 g/mol. The van der Waals surface area contributed by atoms with E-state index >= 15 is 0 Å². The number of nitroso groups, excluding NO2 is 1. The summed E-state index contributed by atoms with van der Waals surface area (Å²) < 4.78 is 0. The fourth-order valence-electron chi connectivity index (χ4n) is 2.49. The van der Waals surface area contributed by atoms with Gasteiger partial charge >= 0.3 is 0 Å². The van der Waals surface area contributed by atoms with Crippen LogP contribution in [0.3, 0.4) is 0 Å². The molecule has 1 heterocycles. The molecule has 3 nitrogen and oxygen atoms in total. The monoisotopic (exact) mass is 204 g/mol. The lowest BCUT2D eigenvalue weighted by atomic mass is 9.79. The third-order valence-electron chi connectivity index (χ3n) is 2.27. The number of alkyl halides is 1. The highest BCUT2D eigenvalue weighted by Gasteiger charge is 2.47. The van der Waals surface area contributed by atoms with Gasteiger partial charge in [0.2, 0.25) is 0 Å². The average Bonchev–Trinajstić information content (AvgIpc) is 1.79. The molecule has 0 amide bonds. The molecule has 76 valence electrons. The third kappa shape index (κ3) is 2.64. The molecular formula is C9H17ClN2O. The predicted octanol–water partition coefficient (Wildman–Crippen LogP) is 2.63. The van der Waals surface area contributed by atoms with Crippen molar-refractivity contribution in [3.63, 3.8) is 0 Å². The van der Waals surface area contributed by atoms with Crippen molar-refractivity contribution in [2.45, 2.75) is 56.6 Å². The van der Waals surface area contributed by atoms with Gasteiger partial charge in [-0.15, -0.1) is 4.91 Å². The van der Waals surface area contributed by atoms with Gasteiger partial charge in [0.15, 0.2) is 5.00 Å². The van der Waals surface area contributed by atoms with Gasteiger partial charge in [0.05, 0.1) is 0 Å². The maximum atomic E-state index is 10.6. The Hall–Kier alpha value is -0.150. The minimum atomic E-state index is -0.932. The zero-order valence-electron chi connectivity index (χ0n) is 8.65. The number of nitrogens with one attached hydrogen (secondary N) is 1. The van der Waals surface area contributed by atoms with Crippen LogP contribution in [0.15, 0.2) is 5.18 Å². The molecule has 0 bridgehead atoms. The van der Waals surface area contributed by atoms with Crippen LogP contribution in [0.1, 0.15) is 40.5 Å². The quantitative estimate of drug-likeness (QED) is 0.405. The molecule has 0 saturated carbocycles. The van der Waals surface area contributed by atoms with Crippen LogP contribution < -0.4 is 5.32 Å². The molecule has 0 aliphatic carbocycles. The Morgan fingerprint density at radius 1 is 1.15 bits per heavy atom. The van der Waals surface area contributed by atoms with Crippen molar-refractivity contribution in [2.75, 3.05) is 0 Å². The molecule has 0 radical (unpaired) electrons. The molecule has 0 aromatic carbocycles. The number of rotatable bonds is 1. The zero-order valence-corrected chi connectivity index (χ0v) is 9.40. The van der Waals surface area contributed by atoms with Crippen molar-refractivity contribution < 1.29 is 0 Å². The average molecular weight is 205 g/mol. The Balaban J connectivity index is 2.90. The normalized spacial score (nSPS) is 29.6. The smallest absolute Gasteiger partial charge is 0.179 e. The van der Waals surface area contributed by atoms with E-state index in [1.807, 2.05) is 27.7 Å². The number of piperidine rings is 1. The summed E-state index contributed by atoms with van der Waals surface area (Å²) in [7, 11) is 0. The first kappa shape index (κ1) is 10.9. The van der Waals surface area contributed by atoms with E-state index < -0.39 is 5.00 Å². The summed E-state index contributed by atoms with van der Waals surface area (Å²) in [6.07, 6.45) is 1.16. The first-order chi connectivity index (χ1) is 5.68. The molecule has 0 unspecified atom stereocenters. The summed E-state index contributed by atoms with van der Waals surface area (Å²) in [5.41, 5.74) is -0.255. The molecule has 1 N–H and O–H groups in total. The second kappa shape index (κ2) is 2.92. The van der Waals surface area contributed by atoms with Crippen molar-refractivity contribution >= 4 is 11.6 Å². The molecule has 0 aromatic heterocycles. The standard InChI is InChI=1S/C9H17ClN2O/c1-7(2)5-9(10,12-13)6-8(3,4)11-7/h11H,5-6H2,1-4H3. The first-order valence-electron chi connectivity index (χ1n) is 4.51. The van der Waals surface area contributed by atoms with Crippen LogP contribution in [-0.4, -0.2) is 16.1 Å². The molecule has 1 fully saturated rings. The Bertz CT molecular complexity index is 210. The van der Waals surface area contributed by atoms with Crippen molar-refractivity contribution in [3.05, 3.63) is 4.91 Å². The van der Waals surface area contributed by atoms with E-state index in [0.717, 1.165) is 0 Å². The van der Waals surface area contributed by atoms with Gasteiger partial charge in [0.1, 0.15) is 0 Å². The van der Waals surface area contributed by atoms with Crippen molar-refractivity contribution in [3.8, 4) is 0 Å². The van der Waals surface area contributed by atoms with E-state index in [0.29, 0.717) is 12.8 Å². The minimum Gasteiger partial charge on any atom is -0.307 e. The summed E-state index contributed by atoms with van der Waals surface area (Å²) in [6.45, 7) is 8.15. The topological polar surface area (TPSA) is 41.5 Å². The molecule has 1 saturated heterocycles. The second-order valence-corrected chi connectivity index (χ2v) is 5.96. The van der Waals surface area contributed by atoms with Gasteiger partial charge in [-0.3, -0.25) is 0 Å². The second-order valence-electron chi connectivity index (χ2n) is 5.26. The van der Waals surface area contributed by atoms with Gasteiger partial charge in [0, 0.05) is 23.9 Å². The van der Waals surface area contributed by atoms with E-state index in [9.17, 15) is 4.91 Å². The molecule has 0 atom stereocenters. The molecule has 4 heteroatoms. The highest BCUT2D eigenvalue weighted by molar-refractivity contribution is 6.23. The van der Waals surface area contributed by atoms with Crippen LogP contribution in [0.5, 0.6) is 0 Å². The maximum absolute atomic E-state index is 10.6. The molecule has 1 rings (SSSR count). The van der Waals surface area contributed by atoms with Gasteiger partial charge in [0.25, 0.3) is 0 Å². The Kier molecular flexibility index (Phi) is 2.46. The van der Waals surface area contributed by atoms with Gasteiger partial charge in [-0.1, -0.05) is 11.6 Å². The lowest BCUT2D eigenvalue weighted by molar-refractivity contribution is 0.146. The van der Waals surface area contributed by atoms with Crippen molar-refractivity contribution in [2.24, 2.45) is 5.18 Å². The van der Waals surface area contributed by atoms with Crippen LogP contribution in [0, 0.1) is 4.91 Å². The highest BCUT2D eigenvalue weighted by atomic mass is 35.5. The van der Waals surface area contributed by atoms with Gasteiger partial charge < -0.3 is 5.32 Å². The Morgan fingerprint density at radius 3 is 1.85 bits per heavy atom. The molecule has 0 aromatic rings. The highest BCUT2D eigenvalue weighted by Crippen LogP contribution is 2.40. The predicted molar refractivity (Wildman–Crippen MR) is 54.9 cm³/mol. The largest absolute Gasteiger partial charge is 0.307 e. The number of hydrogen-bond donors (Lipinski definition) is 1. The van der Waals surface area contributed by atoms with Crippen LogP contribution in [0.2, 0.25) is 0 Å². The van der Waals surface area contributed by atoms with Crippen LogP contribution in [0.25, 0.3) is 0 Å². The van der Waals surface area contributed by atoms with E-state index in [4.69, 9.17) is 11.6 Å². The van der Waals surface area contributed by atoms with Gasteiger partial charge in [-0.25, -0.2) is 0 Å². The first-order valence-corrected chi connectivity index (χ1v) is 4.89. The fourth-order valence-corrected chi connectivity index (χ4v) is 3.15. The van der Waals surface area contributed by atoms with E-state index in [1.165, 1.54) is 0 Å². The lowest BCUT2D eigenvalue weighted by Gasteiger charge is -2.47. The van der Waals surface area contributed by atoms with Gasteiger partial charge in [-0.05, 0) is 32.9 Å². The van der Waals surface area contributed by atoms with Crippen LogP contribution >= 0.6 is 11.6 Å². The summed E-state index contributed by atoms with van der Waals surface area (Å²) in [4.78, 5) is 9.72. The molecule has 0 spiro atoms. The summed E-state index contributed by atoms with van der Waals surface area (Å²) in [6, 6.07) is 0. The summed E-state index contributed by atoms with van der Waals surface area (Å²) in [5.74, 6) is 0. The van der Waals surface area contributed by atoms with Crippen molar-refractivity contribution in [1.29, 1.82) is 0 Å². The van der Waals surface area contributed by atoms with E-state index in [2.05, 4.69) is 10.5 Å². The van der Waals surface area contributed by atoms with Gasteiger partial charge in [-0.2, -0.15) is 0 Å².